The highest BCUT2D eigenvalue weighted by atomic mass is 19.1. The smallest absolute Gasteiger partial charge is 0.263 e. The number of aromatic nitrogens is 1. The Balaban J connectivity index is 1.59. The molecule has 0 bridgehead atoms. The average Bonchev–Trinajstić information content (AvgIpc) is 2.71. The van der Waals surface area contributed by atoms with Crippen molar-refractivity contribution in [2.45, 2.75) is 38.8 Å². The number of anilines is 1. The summed E-state index contributed by atoms with van der Waals surface area (Å²) in [4.78, 5) is 39.8. The van der Waals surface area contributed by atoms with E-state index in [9.17, 15) is 18.8 Å². The highest BCUT2D eigenvalue weighted by Gasteiger charge is 2.17. The Morgan fingerprint density at radius 1 is 1.10 bits per heavy atom. The van der Waals surface area contributed by atoms with E-state index in [0.717, 1.165) is 19.6 Å². The van der Waals surface area contributed by atoms with Gasteiger partial charge in [-0.3, -0.25) is 14.4 Å². The predicted octanol–water partition coefficient (Wildman–Crippen LogP) is 2.23. The van der Waals surface area contributed by atoms with Gasteiger partial charge in [0, 0.05) is 24.5 Å². The molecule has 1 aromatic carbocycles. The second kappa shape index (κ2) is 10.2. The van der Waals surface area contributed by atoms with Gasteiger partial charge in [0.1, 0.15) is 17.9 Å². The molecule has 1 aromatic heterocycles. The molecule has 160 valence electrons. The number of carbonyl (C=O) groups excluding carboxylic acids is 2. The maximum Gasteiger partial charge on any atom is 0.263 e. The van der Waals surface area contributed by atoms with E-state index < -0.39 is 17.3 Å². The van der Waals surface area contributed by atoms with E-state index in [4.69, 9.17) is 0 Å². The number of halogens is 1. The number of carbonyl (C=O) groups is 2. The van der Waals surface area contributed by atoms with Crippen LogP contribution in [0, 0.1) is 5.82 Å². The van der Waals surface area contributed by atoms with Crippen LogP contribution in [-0.4, -0.2) is 47.0 Å². The van der Waals surface area contributed by atoms with Gasteiger partial charge in [-0.05, 0) is 69.3 Å². The average molecular weight is 414 g/mol. The number of nitrogens with one attached hydrogen (secondary N) is 2. The Labute approximate surface area is 174 Å². The zero-order valence-electron chi connectivity index (χ0n) is 17.1. The molecule has 7 nitrogen and oxygen atoms in total. The summed E-state index contributed by atoms with van der Waals surface area (Å²) in [5, 5.41) is 5.48. The van der Waals surface area contributed by atoms with Gasteiger partial charge in [0.2, 0.25) is 5.91 Å². The maximum absolute atomic E-state index is 13.0. The first-order chi connectivity index (χ1) is 14.4. The molecule has 3 rings (SSSR count). The Morgan fingerprint density at radius 3 is 2.50 bits per heavy atom. The normalized spacial score (nSPS) is 15.4. The standard InChI is InChI=1S/C22H27FN4O3/c1-16(14-26-11-3-2-4-12-26)24-20(28)15-27-13-5-6-19(22(27)30)21(29)25-18-9-7-17(23)8-10-18/h5-10,13,16H,2-4,11-12,14-15H2,1H3,(H,24,28)(H,25,29). The van der Waals surface area contributed by atoms with Crippen LogP contribution in [0.3, 0.4) is 0 Å². The topological polar surface area (TPSA) is 83.4 Å². The molecule has 1 saturated heterocycles. The van der Waals surface area contributed by atoms with Gasteiger partial charge in [-0.1, -0.05) is 6.42 Å². The van der Waals surface area contributed by atoms with Crippen molar-refractivity contribution in [1.29, 1.82) is 0 Å². The zero-order chi connectivity index (χ0) is 21.5. The lowest BCUT2D eigenvalue weighted by atomic mass is 10.1. The molecule has 1 aliphatic rings. The summed E-state index contributed by atoms with van der Waals surface area (Å²) < 4.78 is 14.2. The lowest BCUT2D eigenvalue weighted by Crippen LogP contribution is -2.45. The van der Waals surface area contributed by atoms with E-state index in [2.05, 4.69) is 15.5 Å². The quantitative estimate of drug-likeness (QED) is 0.728. The van der Waals surface area contributed by atoms with E-state index in [1.54, 1.807) is 6.07 Å². The van der Waals surface area contributed by atoms with Crippen LogP contribution in [0.4, 0.5) is 10.1 Å². The van der Waals surface area contributed by atoms with E-state index in [1.807, 2.05) is 6.92 Å². The van der Waals surface area contributed by atoms with Gasteiger partial charge in [0.25, 0.3) is 11.5 Å². The van der Waals surface area contributed by atoms with E-state index in [-0.39, 0.29) is 24.1 Å². The number of benzene rings is 1. The van der Waals surface area contributed by atoms with E-state index in [0.29, 0.717) is 5.69 Å². The lowest BCUT2D eigenvalue weighted by Gasteiger charge is -2.29. The van der Waals surface area contributed by atoms with Crippen molar-refractivity contribution in [1.82, 2.24) is 14.8 Å². The zero-order valence-corrected chi connectivity index (χ0v) is 17.1. The highest BCUT2D eigenvalue weighted by Crippen LogP contribution is 2.10. The molecule has 2 amide bonds. The molecule has 2 aromatic rings. The number of amides is 2. The van der Waals surface area contributed by atoms with Crippen molar-refractivity contribution in [2.75, 3.05) is 25.0 Å². The lowest BCUT2D eigenvalue weighted by molar-refractivity contribution is -0.122. The van der Waals surface area contributed by atoms with Gasteiger partial charge in [-0.15, -0.1) is 0 Å². The van der Waals surface area contributed by atoms with Crippen molar-refractivity contribution < 1.29 is 14.0 Å². The summed E-state index contributed by atoms with van der Waals surface area (Å²) >= 11 is 0. The van der Waals surface area contributed by atoms with Crippen molar-refractivity contribution in [3.05, 3.63) is 64.3 Å². The van der Waals surface area contributed by atoms with Gasteiger partial charge in [-0.2, -0.15) is 0 Å². The Kier molecular flexibility index (Phi) is 7.35. The fourth-order valence-electron chi connectivity index (χ4n) is 3.62. The minimum atomic E-state index is -0.611. The van der Waals surface area contributed by atoms with Crippen LogP contribution in [-0.2, 0) is 11.3 Å². The first kappa shape index (κ1) is 21.7. The number of pyridine rings is 1. The van der Waals surface area contributed by atoms with Gasteiger partial charge in [0.05, 0.1) is 0 Å². The Bertz CT molecular complexity index is 936. The van der Waals surface area contributed by atoms with E-state index in [1.165, 1.54) is 60.4 Å². The van der Waals surface area contributed by atoms with Crippen LogP contribution in [0.5, 0.6) is 0 Å². The summed E-state index contributed by atoms with van der Waals surface area (Å²) in [6, 6.07) is 8.16. The molecule has 30 heavy (non-hydrogen) atoms. The SMILES string of the molecule is CC(CN1CCCCC1)NC(=O)Cn1cccc(C(=O)Nc2ccc(F)cc2)c1=O. The van der Waals surface area contributed by atoms with E-state index >= 15 is 0 Å². The second-order valence-corrected chi connectivity index (χ2v) is 7.65. The number of piperidine rings is 1. The summed E-state index contributed by atoms with van der Waals surface area (Å²) in [6.45, 7) is 4.65. The molecule has 1 aliphatic heterocycles. The molecule has 1 unspecified atom stereocenters. The number of hydrogen-bond acceptors (Lipinski definition) is 4. The monoisotopic (exact) mass is 414 g/mol. The summed E-state index contributed by atoms with van der Waals surface area (Å²) in [5.74, 6) is -1.31. The molecular weight excluding hydrogens is 387 g/mol. The molecule has 0 radical (unpaired) electrons. The minimum absolute atomic E-state index is 0.0312. The van der Waals surface area contributed by atoms with Gasteiger partial charge in [0.15, 0.2) is 0 Å². The Morgan fingerprint density at radius 2 is 1.80 bits per heavy atom. The van der Waals surface area contributed by atoms with Gasteiger partial charge >= 0.3 is 0 Å². The maximum atomic E-state index is 13.0. The van der Waals surface area contributed by atoms with Crippen LogP contribution in [0.2, 0.25) is 0 Å². The van der Waals surface area contributed by atoms with Crippen LogP contribution < -0.4 is 16.2 Å². The fraction of sp³-hybridized carbons (Fsp3) is 0.409. The van der Waals surface area contributed by atoms with Crippen molar-refractivity contribution in [3.8, 4) is 0 Å². The van der Waals surface area contributed by atoms with Gasteiger partial charge in [-0.25, -0.2) is 4.39 Å². The molecule has 2 heterocycles. The summed E-state index contributed by atoms with van der Waals surface area (Å²) in [5.41, 5.74) is -0.271. The first-order valence-corrected chi connectivity index (χ1v) is 10.2. The molecule has 1 atom stereocenters. The third kappa shape index (κ3) is 6.00. The molecule has 1 fully saturated rings. The van der Waals surface area contributed by atoms with Crippen LogP contribution >= 0.6 is 0 Å². The van der Waals surface area contributed by atoms with Crippen molar-refractivity contribution in [3.63, 3.8) is 0 Å². The molecule has 0 aliphatic carbocycles. The molecule has 2 N–H and O–H groups in total. The number of rotatable bonds is 7. The minimum Gasteiger partial charge on any atom is -0.351 e. The number of likely N-dealkylation sites (tertiary alicyclic amines) is 1. The molecule has 0 saturated carbocycles. The second-order valence-electron chi connectivity index (χ2n) is 7.65. The predicted molar refractivity (Wildman–Crippen MR) is 113 cm³/mol. The fourth-order valence-corrected chi connectivity index (χ4v) is 3.62. The third-order valence-electron chi connectivity index (χ3n) is 5.07. The van der Waals surface area contributed by atoms with Crippen LogP contribution in [0.1, 0.15) is 36.5 Å². The highest BCUT2D eigenvalue weighted by molar-refractivity contribution is 6.04. The Hall–Kier alpha value is -3.00. The number of hydrogen-bond donors (Lipinski definition) is 2. The largest absolute Gasteiger partial charge is 0.351 e. The number of nitrogens with zero attached hydrogens (tertiary/aromatic N) is 2. The van der Waals surface area contributed by atoms with Crippen LogP contribution in [0.15, 0.2) is 47.4 Å². The summed E-state index contributed by atoms with van der Waals surface area (Å²) in [7, 11) is 0. The first-order valence-electron chi connectivity index (χ1n) is 10.2. The molecule has 8 heteroatoms. The van der Waals surface area contributed by atoms with Crippen molar-refractivity contribution in [2.24, 2.45) is 0 Å². The summed E-state index contributed by atoms with van der Waals surface area (Å²) in [6.07, 6.45) is 5.10. The van der Waals surface area contributed by atoms with Crippen LogP contribution in [0.25, 0.3) is 0 Å². The van der Waals surface area contributed by atoms with Crippen molar-refractivity contribution >= 4 is 17.5 Å². The van der Waals surface area contributed by atoms with Gasteiger partial charge < -0.3 is 20.1 Å². The molecule has 0 spiro atoms. The third-order valence-corrected chi connectivity index (χ3v) is 5.07. The molecular formula is C22H27FN4O3.